The fraction of sp³-hybridized carbons (Fsp3) is 0.393. The largest absolute Gasteiger partial charge is 0.464 e. The van der Waals surface area contributed by atoms with Crippen LogP contribution in [-0.2, 0) is 27.3 Å². The van der Waals surface area contributed by atoms with E-state index < -0.39 is 39.0 Å². The van der Waals surface area contributed by atoms with Crippen LogP contribution in [0.3, 0.4) is 0 Å². The van der Waals surface area contributed by atoms with Crippen molar-refractivity contribution in [1.82, 2.24) is 13.9 Å². The summed E-state index contributed by atoms with van der Waals surface area (Å²) in [5.41, 5.74) is 1.49. The fourth-order valence-corrected chi connectivity index (χ4v) is 5.74. The molecule has 0 aliphatic rings. The zero-order valence-corrected chi connectivity index (χ0v) is 24.3. The predicted molar refractivity (Wildman–Crippen MR) is 148 cm³/mol. The van der Waals surface area contributed by atoms with Crippen molar-refractivity contribution in [3.8, 4) is 6.07 Å². The molecule has 2 amide bonds. The Bertz CT molecular complexity index is 1580. The summed E-state index contributed by atoms with van der Waals surface area (Å²) in [4.78, 5) is 32.5. The van der Waals surface area contributed by atoms with E-state index in [1.54, 1.807) is 12.1 Å². The molecule has 3 rings (SSSR count). The molecule has 0 saturated carbocycles. The number of anilines is 1. The Kier molecular flexibility index (Phi) is 8.13. The van der Waals surface area contributed by atoms with Crippen LogP contribution in [0.15, 0.2) is 47.9 Å². The molecule has 2 aromatic heterocycles. The van der Waals surface area contributed by atoms with Gasteiger partial charge in [0.1, 0.15) is 6.33 Å². The first-order valence-electron chi connectivity index (χ1n) is 12.4. The van der Waals surface area contributed by atoms with Crippen molar-refractivity contribution in [2.45, 2.75) is 76.5 Å². The van der Waals surface area contributed by atoms with E-state index in [1.165, 1.54) is 24.5 Å². The molecule has 0 bridgehead atoms. The van der Waals surface area contributed by atoms with Gasteiger partial charge in [0.05, 0.1) is 22.6 Å². The number of aromatic nitrogens is 3. The average molecular weight is 568 g/mol. The Morgan fingerprint density at radius 3 is 2.02 bits per heavy atom. The minimum Gasteiger partial charge on any atom is -0.464 e. The summed E-state index contributed by atoms with van der Waals surface area (Å²) in [5, 5.41) is 29.4. The highest BCUT2D eigenvalue weighted by Gasteiger charge is 2.37. The Balaban J connectivity index is 2.15. The molecule has 212 valence electrons. The molecule has 11 nitrogen and oxygen atoms in total. The number of aryl methyl sites for hydroxylation is 1. The molecule has 0 aliphatic carbocycles. The maximum atomic E-state index is 13.1. The molecule has 40 heavy (non-hydrogen) atoms. The van der Waals surface area contributed by atoms with Gasteiger partial charge in [-0.25, -0.2) is 31.9 Å². The van der Waals surface area contributed by atoms with Crippen molar-refractivity contribution in [2.24, 2.45) is 0 Å². The summed E-state index contributed by atoms with van der Waals surface area (Å²) in [6.45, 7) is 13.0. The van der Waals surface area contributed by atoms with E-state index in [0.717, 1.165) is 15.9 Å². The summed E-state index contributed by atoms with van der Waals surface area (Å²) in [7, 11) is -3.92. The Hall–Kier alpha value is -4.24. The number of hydrogen-bond acceptors (Lipinski definition) is 7. The zero-order chi connectivity index (χ0) is 30.2. The van der Waals surface area contributed by atoms with Crippen LogP contribution in [0.25, 0.3) is 0 Å². The van der Waals surface area contributed by atoms with Crippen LogP contribution in [0.5, 0.6) is 0 Å². The zero-order valence-electron chi connectivity index (χ0n) is 23.5. The van der Waals surface area contributed by atoms with Crippen LogP contribution in [0, 0.1) is 18.3 Å². The first-order chi connectivity index (χ1) is 18.4. The lowest BCUT2D eigenvalue weighted by Gasteiger charge is -2.35. The molecule has 0 spiro atoms. The van der Waals surface area contributed by atoms with Gasteiger partial charge in [-0.1, -0.05) is 59.2 Å². The van der Waals surface area contributed by atoms with Gasteiger partial charge in [0.15, 0.2) is 5.82 Å². The SMILES string of the molecule is Cc1ccc(S(=O)(=O)n2cnc(C(C#N)Cc3cnc(N(C(=O)O)C(=O)O)c(C(C)(C)C)c3C(C)(C)C)c2)cc1. The van der Waals surface area contributed by atoms with Gasteiger partial charge in [0, 0.05) is 18.0 Å². The molecule has 1 atom stereocenters. The number of benzene rings is 1. The number of nitriles is 1. The lowest BCUT2D eigenvalue weighted by Crippen LogP contribution is -2.38. The molecule has 0 saturated heterocycles. The smallest absolute Gasteiger partial charge is 0.422 e. The first-order valence-corrected chi connectivity index (χ1v) is 13.9. The highest BCUT2D eigenvalue weighted by atomic mass is 32.2. The van der Waals surface area contributed by atoms with Gasteiger partial charge in [-0.05, 0) is 47.4 Å². The third-order valence-corrected chi connectivity index (χ3v) is 7.97. The van der Waals surface area contributed by atoms with Gasteiger partial charge >= 0.3 is 12.2 Å². The van der Waals surface area contributed by atoms with Gasteiger partial charge in [0.25, 0.3) is 10.0 Å². The maximum Gasteiger partial charge on any atom is 0.422 e. The predicted octanol–water partition coefficient (Wildman–Crippen LogP) is 5.43. The highest BCUT2D eigenvalue weighted by molar-refractivity contribution is 7.90. The number of imidazole rings is 1. The molecular formula is C28H33N5O6S. The summed E-state index contributed by atoms with van der Waals surface area (Å²) in [5.74, 6) is -1.09. The molecule has 0 radical (unpaired) electrons. The molecule has 0 aliphatic heterocycles. The van der Waals surface area contributed by atoms with Gasteiger partial charge in [-0.2, -0.15) is 10.2 Å². The fourth-order valence-electron chi connectivity index (χ4n) is 4.60. The van der Waals surface area contributed by atoms with Crippen LogP contribution < -0.4 is 4.90 Å². The Morgan fingerprint density at radius 1 is 1.00 bits per heavy atom. The maximum absolute atomic E-state index is 13.1. The highest BCUT2D eigenvalue weighted by Crippen LogP contribution is 2.42. The van der Waals surface area contributed by atoms with E-state index >= 15 is 0 Å². The van der Waals surface area contributed by atoms with E-state index in [0.29, 0.717) is 16.7 Å². The van der Waals surface area contributed by atoms with Crippen LogP contribution >= 0.6 is 0 Å². The van der Waals surface area contributed by atoms with Crippen molar-refractivity contribution in [3.05, 3.63) is 70.9 Å². The molecule has 1 unspecified atom stereocenters. The third-order valence-electron chi connectivity index (χ3n) is 6.35. The van der Waals surface area contributed by atoms with Gasteiger partial charge in [-0.3, -0.25) is 0 Å². The first kappa shape index (κ1) is 30.3. The number of carboxylic acid groups (broad SMARTS) is 2. The van der Waals surface area contributed by atoms with Crippen LogP contribution in [0.2, 0.25) is 0 Å². The molecule has 2 N–H and O–H groups in total. The minimum absolute atomic E-state index is 0.0845. The topological polar surface area (TPSA) is 166 Å². The number of hydrogen-bond donors (Lipinski definition) is 2. The number of pyridine rings is 1. The van der Waals surface area contributed by atoms with Gasteiger partial charge < -0.3 is 10.2 Å². The van der Waals surface area contributed by atoms with Gasteiger partial charge in [0.2, 0.25) is 0 Å². The van der Waals surface area contributed by atoms with Crippen molar-refractivity contribution in [3.63, 3.8) is 0 Å². The van der Waals surface area contributed by atoms with Crippen molar-refractivity contribution in [1.29, 1.82) is 5.26 Å². The number of imide groups is 1. The van der Waals surface area contributed by atoms with Crippen molar-refractivity contribution >= 4 is 28.0 Å². The minimum atomic E-state index is -3.92. The summed E-state index contributed by atoms with van der Waals surface area (Å²) >= 11 is 0. The van der Waals surface area contributed by atoms with Crippen molar-refractivity contribution in [2.75, 3.05) is 4.90 Å². The quantitative estimate of drug-likeness (QED) is 0.395. The number of carbonyl (C=O) groups is 2. The van der Waals surface area contributed by atoms with E-state index in [4.69, 9.17) is 0 Å². The second-order valence-electron chi connectivity index (χ2n) is 11.6. The molecule has 3 aromatic rings. The van der Waals surface area contributed by atoms with Crippen LogP contribution in [-0.4, -0.2) is 44.8 Å². The standard InChI is InChI=1S/C28H33N5O6S/c1-17-8-10-20(11-9-17)40(38,39)32-15-21(31-16-32)18(13-29)12-19-14-30-24(33(25(34)35)26(36)37)23(28(5,6)7)22(19)27(2,3)4/h8-11,14-16,18H,12H2,1-7H3,(H,34,35)(H,36,37). The Labute approximate surface area is 233 Å². The van der Waals surface area contributed by atoms with E-state index in [9.17, 15) is 33.5 Å². The summed E-state index contributed by atoms with van der Waals surface area (Å²) in [6.07, 6.45) is 0.555. The number of amides is 2. The van der Waals surface area contributed by atoms with E-state index in [2.05, 4.69) is 16.0 Å². The molecule has 2 heterocycles. The summed E-state index contributed by atoms with van der Waals surface area (Å²) in [6, 6.07) is 8.57. The van der Waals surface area contributed by atoms with Crippen molar-refractivity contribution < 1.29 is 28.2 Å². The molecular weight excluding hydrogens is 534 g/mol. The molecule has 12 heteroatoms. The number of nitrogens with zero attached hydrogens (tertiary/aromatic N) is 5. The van der Waals surface area contributed by atoms with Crippen LogP contribution in [0.4, 0.5) is 15.4 Å². The number of rotatable bonds is 6. The Morgan fingerprint density at radius 2 is 1.55 bits per heavy atom. The summed E-state index contributed by atoms with van der Waals surface area (Å²) < 4.78 is 27.2. The lowest BCUT2D eigenvalue weighted by molar-refractivity contribution is 0.184. The second-order valence-corrected chi connectivity index (χ2v) is 13.4. The van der Waals surface area contributed by atoms with E-state index in [-0.39, 0.29) is 27.7 Å². The van der Waals surface area contributed by atoms with Crippen LogP contribution in [0.1, 0.15) is 75.4 Å². The third kappa shape index (κ3) is 5.99. The van der Waals surface area contributed by atoms with E-state index in [1.807, 2.05) is 48.5 Å². The normalized spacial score (nSPS) is 12.9. The lowest BCUT2D eigenvalue weighted by atomic mass is 9.72. The second kappa shape index (κ2) is 10.7. The average Bonchev–Trinajstić information content (AvgIpc) is 3.32. The molecule has 1 aromatic carbocycles. The van der Waals surface area contributed by atoms with Gasteiger partial charge in [-0.15, -0.1) is 0 Å². The monoisotopic (exact) mass is 567 g/mol. The molecule has 0 fully saturated rings.